The predicted octanol–water partition coefficient (Wildman–Crippen LogP) is 2.78. The zero-order chi connectivity index (χ0) is 12.4. The van der Waals surface area contributed by atoms with Gasteiger partial charge in [0.2, 0.25) is 0 Å². The van der Waals surface area contributed by atoms with Crippen LogP contribution in [0.3, 0.4) is 0 Å². The van der Waals surface area contributed by atoms with Crippen molar-refractivity contribution in [3.63, 3.8) is 0 Å². The normalized spacial score (nSPS) is 13.5. The van der Waals surface area contributed by atoms with E-state index < -0.39 is 0 Å². The first-order valence-electron chi connectivity index (χ1n) is 6.25. The lowest BCUT2D eigenvalue weighted by Gasteiger charge is -2.17. The Morgan fingerprint density at radius 3 is 2.76 bits per heavy atom. The summed E-state index contributed by atoms with van der Waals surface area (Å²) >= 11 is 0. The van der Waals surface area contributed by atoms with Gasteiger partial charge in [0.1, 0.15) is 5.65 Å². The molecule has 0 saturated carbocycles. The molecule has 0 bridgehead atoms. The number of hydrogen-bond donors (Lipinski definition) is 1. The van der Waals surface area contributed by atoms with Crippen molar-refractivity contribution in [1.82, 2.24) is 14.7 Å². The van der Waals surface area contributed by atoms with Gasteiger partial charge in [-0.05, 0) is 31.9 Å². The zero-order valence-corrected chi connectivity index (χ0v) is 11.1. The van der Waals surface area contributed by atoms with Crippen LogP contribution in [0.5, 0.6) is 0 Å². The Kier molecular flexibility index (Phi) is 3.48. The summed E-state index contributed by atoms with van der Waals surface area (Å²) < 4.78 is 2.16. The number of hydrogen-bond acceptors (Lipinski definition) is 2. The molecule has 2 heterocycles. The second-order valence-corrected chi connectivity index (χ2v) is 4.99. The second kappa shape index (κ2) is 4.88. The van der Waals surface area contributed by atoms with Crippen molar-refractivity contribution in [3.8, 4) is 0 Å². The van der Waals surface area contributed by atoms with Gasteiger partial charge in [-0.1, -0.05) is 19.9 Å². The van der Waals surface area contributed by atoms with E-state index in [4.69, 9.17) is 0 Å². The van der Waals surface area contributed by atoms with Crippen LogP contribution in [-0.2, 0) is 6.54 Å². The number of fused-ring (bicyclic) bond motifs is 1. The molecule has 0 aliphatic heterocycles. The molecule has 3 nitrogen and oxygen atoms in total. The van der Waals surface area contributed by atoms with Gasteiger partial charge in [-0.3, -0.25) is 0 Å². The summed E-state index contributed by atoms with van der Waals surface area (Å²) in [6.07, 6.45) is 2.08. The zero-order valence-electron chi connectivity index (χ0n) is 11.1. The first-order chi connectivity index (χ1) is 8.09. The lowest BCUT2D eigenvalue weighted by molar-refractivity contribution is 0.423. The Bertz CT molecular complexity index is 499. The highest BCUT2D eigenvalue weighted by Gasteiger charge is 2.10. The molecule has 0 aliphatic rings. The van der Waals surface area contributed by atoms with Crippen LogP contribution in [0.25, 0.3) is 5.65 Å². The Hall–Kier alpha value is -1.35. The fourth-order valence-corrected chi connectivity index (χ4v) is 1.87. The number of imidazole rings is 1. The van der Waals surface area contributed by atoms with Crippen molar-refractivity contribution in [2.75, 3.05) is 0 Å². The van der Waals surface area contributed by atoms with Crippen LogP contribution in [0.15, 0.2) is 24.4 Å². The highest BCUT2D eigenvalue weighted by molar-refractivity contribution is 5.42. The lowest BCUT2D eigenvalue weighted by atomic mass is 10.1. The van der Waals surface area contributed by atoms with Crippen molar-refractivity contribution in [3.05, 3.63) is 35.8 Å². The quantitative estimate of drug-likeness (QED) is 0.876. The van der Waals surface area contributed by atoms with Crippen molar-refractivity contribution in [2.24, 2.45) is 5.92 Å². The molecule has 0 aliphatic carbocycles. The Morgan fingerprint density at radius 2 is 2.06 bits per heavy atom. The van der Waals surface area contributed by atoms with E-state index in [9.17, 15) is 0 Å². The monoisotopic (exact) mass is 231 g/mol. The van der Waals surface area contributed by atoms with Crippen LogP contribution in [0.2, 0.25) is 0 Å². The Balaban J connectivity index is 2.21. The maximum absolute atomic E-state index is 4.56. The van der Waals surface area contributed by atoms with Crippen molar-refractivity contribution >= 4 is 5.65 Å². The van der Waals surface area contributed by atoms with E-state index in [0.29, 0.717) is 12.0 Å². The minimum absolute atomic E-state index is 0.517. The largest absolute Gasteiger partial charge is 0.308 e. The van der Waals surface area contributed by atoms with E-state index in [2.05, 4.69) is 48.6 Å². The van der Waals surface area contributed by atoms with E-state index in [1.807, 2.05) is 18.2 Å². The van der Waals surface area contributed by atoms with Gasteiger partial charge in [-0.2, -0.15) is 0 Å². The molecule has 0 amide bonds. The van der Waals surface area contributed by atoms with E-state index in [0.717, 1.165) is 17.9 Å². The molecule has 0 fully saturated rings. The first kappa shape index (κ1) is 12.1. The highest BCUT2D eigenvalue weighted by atomic mass is 15.0. The average molecular weight is 231 g/mol. The molecule has 2 rings (SSSR count). The number of pyridine rings is 1. The fourth-order valence-electron chi connectivity index (χ4n) is 1.87. The standard InChI is InChI=1S/C14H21N3/c1-10(2)11(3)15-9-13-12(4)16-14-7-5-6-8-17(13)14/h5-8,10-11,15H,9H2,1-4H3. The van der Waals surface area contributed by atoms with Crippen molar-refractivity contribution in [1.29, 1.82) is 0 Å². The maximum atomic E-state index is 4.56. The first-order valence-corrected chi connectivity index (χ1v) is 6.25. The number of aromatic nitrogens is 2. The number of aryl methyl sites for hydroxylation is 1. The van der Waals surface area contributed by atoms with Crippen LogP contribution in [0.4, 0.5) is 0 Å². The lowest BCUT2D eigenvalue weighted by Crippen LogP contribution is -2.30. The summed E-state index contributed by atoms with van der Waals surface area (Å²) in [5.41, 5.74) is 3.40. The van der Waals surface area contributed by atoms with E-state index in [1.54, 1.807) is 0 Å². The molecule has 1 atom stereocenters. The van der Waals surface area contributed by atoms with Crippen LogP contribution >= 0.6 is 0 Å². The van der Waals surface area contributed by atoms with E-state index in [1.165, 1.54) is 5.69 Å². The molecular weight excluding hydrogens is 210 g/mol. The molecule has 0 aromatic carbocycles. The molecular formula is C14H21N3. The van der Waals surface area contributed by atoms with Crippen LogP contribution in [-0.4, -0.2) is 15.4 Å². The van der Waals surface area contributed by atoms with Crippen LogP contribution in [0.1, 0.15) is 32.2 Å². The number of rotatable bonds is 4. The summed E-state index contributed by atoms with van der Waals surface area (Å²) in [6.45, 7) is 9.64. The molecule has 0 spiro atoms. The van der Waals surface area contributed by atoms with Crippen LogP contribution in [0, 0.1) is 12.8 Å². The van der Waals surface area contributed by atoms with E-state index >= 15 is 0 Å². The summed E-state index contributed by atoms with van der Waals surface area (Å²) in [5, 5.41) is 3.56. The van der Waals surface area contributed by atoms with Crippen molar-refractivity contribution < 1.29 is 0 Å². The molecule has 0 radical (unpaired) electrons. The summed E-state index contributed by atoms with van der Waals surface area (Å²) in [6, 6.07) is 6.63. The average Bonchev–Trinajstić information content (AvgIpc) is 2.61. The minimum atomic E-state index is 0.517. The Morgan fingerprint density at radius 1 is 1.29 bits per heavy atom. The molecule has 92 valence electrons. The third-order valence-electron chi connectivity index (χ3n) is 3.42. The SMILES string of the molecule is Cc1nc2ccccn2c1CNC(C)C(C)C. The molecule has 1 N–H and O–H groups in total. The van der Waals surface area contributed by atoms with Gasteiger partial charge in [0.15, 0.2) is 0 Å². The van der Waals surface area contributed by atoms with Gasteiger partial charge in [-0.25, -0.2) is 4.98 Å². The van der Waals surface area contributed by atoms with E-state index in [-0.39, 0.29) is 0 Å². The highest BCUT2D eigenvalue weighted by Crippen LogP contribution is 2.12. The topological polar surface area (TPSA) is 29.3 Å². The van der Waals surface area contributed by atoms with Gasteiger partial charge >= 0.3 is 0 Å². The molecule has 3 heteroatoms. The van der Waals surface area contributed by atoms with Gasteiger partial charge in [0.05, 0.1) is 11.4 Å². The smallest absolute Gasteiger partial charge is 0.137 e. The van der Waals surface area contributed by atoms with Gasteiger partial charge < -0.3 is 9.72 Å². The third kappa shape index (κ3) is 2.50. The van der Waals surface area contributed by atoms with Gasteiger partial charge in [0, 0.05) is 18.8 Å². The fraction of sp³-hybridized carbons (Fsp3) is 0.500. The van der Waals surface area contributed by atoms with Gasteiger partial charge in [0.25, 0.3) is 0 Å². The third-order valence-corrected chi connectivity index (χ3v) is 3.42. The summed E-state index contributed by atoms with van der Waals surface area (Å²) in [4.78, 5) is 4.56. The maximum Gasteiger partial charge on any atom is 0.137 e. The molecule has 2 aromatic heterocycles. The predicted molar refractivity (Wildman–Crippen MR) is 71.1 cm³/mol. The minimum Gasteiger partial charge on any atom is -0.308 e. The van der Waals surface area contributed by atoms with Crippen LogP contribution < -0.4 is 5.32 Å². The summed E-state index contributed by atoms with van der Waals surface area (Å²) in [5.74, 6) is 0.648. The molecule has 2 aromatic rings. The van der Waals surface area contributed by atoms with Gasteiger partial charge in [-0.15, -0.1) is 0 Å². The molecule has 0 saturated heterocycles. The molecule has 17 heavy (non-hydrogen) atoms. The Labute approximate surface area is 103 Å². The number of nitrogens with one attached hydrogen (secondary N) is 1. The van der Waals surface area contributed by atoms with Crippen molar-refractivity contribution in [2.45, 2.75) is 40.3 Å². The second-order valence-electron chi connectivity index (χ2n) is 4.99. The summed E-state index contributed by atoms with van der Waals surface area (Å²) in [7, 11) is 0. The molecule has 1 unspecified atom stereocenters. The number of nitrogens with zero attached hydrogens (tertiary/aromatic N) is 2.